The van der Waals surface area contributed by atoms with Crippen molar-refractivity contribution in [1.82, 2.24) is 20.3 Å². The number of carbonyl (C=O) groups excluding carboxylic acids is 1. The summed E-state index contributed by atoms with van der Waals surface area (Å²) in [6, 6.07) is 21.8. The Morgan fingerprint density at radius 3 is 2.75 bits per heavy atom. The first-order valence-corrected chi connectivity index (χ1v) is 11.0. The van der Waals surface area contributed by atoms with Gasteiger partial charge in [-0.25, -0.2) is 14.4 Å². The number of thiazole rings is 1. The number of nitrogens with zero attached hydrogens (tertiary/aromatic N) is 2. The molecule has 0 saturated carbocycles. The van der Waals surface area contributed by atoms with E-state index in [2.05, 4.69) is 20.3 Å². The summed E-state index contributed by atoms with van der Waals surface area (Å²) in [6.07, 6.45) is 1.80. The minimum Gasteiger partial charge on any atom is -0.345 e. The smallest absolute Gasteiger partial charge is 0.226 e. The molecule has 0 bridgehead atoms. The van der Waals surface area contributed by atoms with Crippen LogP contribution in [0, 0.1) is 5.82 Å². The predicted octanol–water partition coefficient (Wildman–Crippen LogP) is 5.27. The Bertz CT molecular complexity index is 1380. The lowest BCUT2D eigenvalue weighted by Crippen LogP contribution is -2.30. The fourth-order valence-electron chi connectivity index (χ4n) is 3.66. The molecule has 158 valence electrons. The van der Waals surface area contributed by atoms with Crippen molar-refractivity contribution in [3.8, 4) is 10.6 Å². The van der Waals surface area contributed by atoms with Gasteiger partial charge in [0.2, 0.25) is 5.91 Å². The summed E-state index contributed by atoms with van der Waals surface area (Å²) in [5.41, 5.74) is 5.09. The average Bonchev–Trinajstić information content (AvgIpc) is 3.47. The minimum absolute atomic E-state index is 0.139. The number of hydrogen-bond acceptors (Lipinski definition) is 4. The van der Waals surface area contributed by atoms with E-state index in [0.717, 1.165) is 22.2 Å². The number of amides is 1. The van der Waals surface area contributed by atoms with E-state index >= 15 is 0 Å². The zero-order chi connectivity index (χ0) is 21.9. The number of aromatic nitrogens is 3. The molecule has 1 amide bonds. The molecule has 5 nitrogen and oxygen atoms in total. The van der Waals surface area contributed by atoms with Gasteiger partial charge in [0.15, 0.2) is 0 Å². The van der Waals surface area contributed by atoms with E-state index in [4.69, 9.17) is 0 Å². The lowest BCUT2D eigenvalue weighted by molar-refractivity contribution is -0.121. The maximum atomic E-state index is 13.5. The lowest BCUT2D eigenvalue weighted by atomic mass is 9.98. The molecular weight excluding hydrogens is 423 g/mol. The zero-order valence-corrected chi connectivity index (χ0v) is 17.8. The van der Waals surface area contributed by atoms with Gasteiger partial charge in [-0.2, -0.15) is 0 Å². The summed E-state index contributed by atoms with van der Waals surface area (Å²) >= 11 is 1.40. The number of nitrogens with one attached hydrogen (secondary N) is 2. The molecule has 5 aromatic rings. The van der Waals surface area contributed by atoms with Crippen molar-refractivity contribution in [2.45, 2.75) is 12.5 Å². The highest BCUT2D eigenvalue weighted by atomic mass is 32.1. The molecule has 0 aliphatic heterocycles. The van der Waals surface area contributed by atoms with E-state index in [1.54, 1.807) is 12.4 Å². The summed E-state index contributed by atoms with van der Waals surface area (Å²) in [5.74, 6) is -0.448. The Kier molecular flexibility index (Phi) is 5.47. The SMILES string of the molecule is O=C(Cc1csc(-c2cccc(F)c2)n1)NC(c1ccccc1)c1ccc2nc[nH]c2c1. The number of aromatic amines is 1. The molecule has 7 heteroatoms. The van der Waals surface area contributed by atoms with Crippen LogP contribution in [0.4, 0.5) is 4.39 Å². The lowest BCUT2D eigenvalue weighted by Gasteiger charge is -2.20. The maximum absolute atomic E-state index is 13.5. The largest absolute Gasteiger partial charge is 0.345 e. The molecule has 2 N–H and O–H groups in total. The van der Waals surface area contributed by atoms with Crippen LogP contribution in [0.25, 0.3) is 21.6 Å². The van der Waals surface area contributed by atoms with Crippen LogP contribution in [0.15, 0.2) is 84.5 Å². The molecule has 32 heavy (non-hydrogen) atoms. The zero-order valence-electron chi connectivity index (χ0n) is 17.0. The van der Waals surface area contributed by atoms with Gasteiger partial charge in [0.1, 0.15) is 10.8 Å². The fourth-order valence-corrected chi connectivity index (χ4v) is 4.47. The van der Waals surface area contributed by atoms with Crippen molar-refractivity contribution in [1.29, 1.82) is 0 Å². The first kappa shape index (κ1) is 20.1. The van der Waals surface area contributed by atoms with E-state index in [1.807, 2.05) is 60.0 Å². The molecule has 0 fully saturated rings. The van der Waals surface area contributed by atoms with Gasteiger partial charge < -0.3 is 10.3 Å². The second kappa shape index (κ2) is 8.72. The Hall–Kier alpha value is -3.84. The monoisotopic (exact) mass is 442 g/mol. The Labute approximate surface area is 188 Å². The number of hydrogen-bond donors (Lipinski definition) is 2. The Morgan fingerprint density at radius 2 is 1.91 bits per heavy atom. The fraction of sp³-hybridized carbons (Fsp3) is 0.0800. The van der Waals surface area contributed by atoms with Crippen LogP contribution in [-0.4, -0.2) is 20.9 Å². The molecular formula is C25H19FN4OS. The number of H-pyrrole nitrogens is 1. The van der Waals surface area contributed by atoms with Crippen molar-refractivity contribution in [3.05, 3.63) is 107 Å². The number of fused-ring (bicyclic) bond motifs is 1. The van der Waals surface area contributed by atoms with Crippen LogP contribution in [0.1, 0.15) is 22.9 Å². The third-order valence-corrected chi connectivity index (χ3v) is 6.12. The quantitative estimate of drug-likeness (QED) is 0.376. The number of rotatable bonds is 6. The molecule has 0 aliphatic rings. The standard InChI is InChI=1S/C25H19FN4OS/c26-19-8-4-7-18(11-19)25-29-20(14-32-25)13-23(31)30-24(16-5-2-1-3-6-16)17-9-10-21-22(12-17)28-15-27-21/h1-12,14-15,24H,13H2,(H,27,28)(H,30,31). The summed E-state index contributed by atoms with van der Waals surface area (Å²) in [7, 11) is 0. The van der Waals surface area contributed by atoms with E-state index in [0.29, 0.717) is 16.3 Å². The van der Waals surface area contributed by atoms with Crippen molar-refractivity contribution in [3.63, 3.8) is 0 Å². The van der Waals surface area contributed by atoms with Gasteiger partial charge in [-0.1, -0.05) is 48.5 Å². The third-order valence-electron chi connectivity index (χ3n) is 5.18. The normalized spacial score (nSPS) is 12.0. The van der Waals surface area contributed by atoms with Gasteiger partial charge in [0.05, 0.1) is 35.5 Å². The Balaban J connectivity index is 1.37. The van der Waals surface area contributed by atoms with Gasteiger partial charge in [0, 0.05) is 10.9 Å². The molecule has 0 radical (unpaired) electrons. The first-order chi connectivity index (χ1) is 15.7. The number of benzene rings is 3. The van der Waals surface area contributed by atoms with E-state index in [9.17, 15) is 9.18 Å². The second-order valence-corrected chi connectivity index (χ2v) is 8.28. The van der Waals surface area contributed by atoms with Crippen molar-refractivity contribution >= 4 is 28.3 Å². The molecule has 3 aromatic carbocycles. The van der Waals surface area contributed by atoms with Gasteiger partial charge in [-0.15, -0.1) is 11.3 Å². The average molecular weight is 443 g/mol. The summed E-state index contributed by atoms with van der Waals surface area (Å²) in [6.45, 7) is 0. The van der Waals surface area contributed by atoms with Crippen LogP contribution < -0.4 is 5.32 Å². The highest BCUT2D eigenvalue weighted by Crippen LogP contribution is 2.26. The van der Waals surface area contributed by atoms with Gasteiger partial charge in [-0.3, -0.25) is 4.79 Å². The van der Waals surface area contributed by atoms with E-state index in [1.165, 1.54) is 23.5 Å². The van der Waals surface area contributed by atoms with Gasteiger partial charge in [-0.05, 0) is 35.4 Å². The summed E-state index contributed by atoms with van der Waals surface area (Å²) < 4.78 is 13.5. The summed E-state index contributed by atoms with van der Waals surface area (Å²) in [5, 5.41) is 5.68. The number of imidazole rings is 1. The van der Waals surface area contributed by atoms with Crippen LogP contribution >= 0.6 is 11.3 Å². The molecule has 2 heterocycles. The molecule has 1 unspecified atom stereocenters. The predicted molar refractivity (Wildman–Crippen MR) is 124 cm³/mol. The van der Waals surface area contributed by atoms with E-state index < -0.39 is 0 Å². The number of carbonyl (C=O) groups is 1. The first-order valence-electron chi connectivity index (χ1n) is 10.1. The molecule has 0 saturated heterocycles. The number of halogens is 1. The molecule has 2 aromatic heterocycles. The molecule has 0 aliphatic carbocycles. The van der Waals surface area contributed by atoms with Crippen LogP contribution in [-0.2, 0) is 11.2 Å². The van der Waals surface area contributed by atoms with E-state index in [-0.39, 0.29) is 24.2 Å². The third kappa shape index (κ3) is 4.29. The Morgan fingerprint density at radius 1 is 1.03 bits per heavy atom. The van der Waals surface area contributed by atoms with Crippen molar-refractivity contribution in [2.75, 3.05) is 0 Å². The van der Waals surface area contributed by atoms with Crippen LogP contribution in [0.2, 0.25) is 0 Å². The highest BCUT2D eigenvalue weighted by molar-refractivity contribution is 7.13. The van der Waals surface area contributed by atoms with Crippen LogP contribution in [0.5, 0.6) is 0 Å². The van der Waals surface area contributed by atoms with Crippen molar-refractivity contribution < 1.29 is 9.18 Å². The maximum Gasteiger partial charge on any atom is 0.226 e. The van der Waals surface area contributed by atoms with Crippen LogP contribution in [0.3, 0.4) is 0 Å². The molecule has 5 rings (SSSR count). The highest BCUT2D eigenvalue weighted by Gasteiger charge is 2.19. The van der Waals surface area contributed by atoms with Crippen molar-refractivity contribution in [2.24, 2.45) is 0 Å². The molecule has 0 spiro atoms. The minimum atomic E-state index is -0.308. The van der Waals surface area contributed by atoms with Gasteiger partial charge >= 0.3 is 0 Å². The topological polar surface area (TPSA) is 70.7 Å². The molecule has 1 atom stereocenters. The summed E-state index contributed by atoms with van der Waals surface area (Å²) in [4.78, 5) is 24.9. The second-order valence-electron chi connectivity index (χ2n) is 7.42. The van der Waals surface area contributed by atoms with Gasteiger partial charge in [0.25, 0.3) is 0 Å².